The first-order chi connectivity index (χ1) is 6.18. The standard InChI is InChI=1S/C8H9N3OS/c1-4-7(5(2)13-11-4)8-9-6(3)12-10-8/h1-3H3. The molecule has 0 aromatic carbocycles. The van der Waals surface area contributed by atoms with Crippen LogP contribution in [-0.2, 0) is 0 Å². The summed E-state index contributed by atoms with van der Waals surface area (Å²) in [7, 11) is 0. The summed E-state index contributed by atoms with van der Waals surface area (Å²) in [6.45, 7) is 5.73. The van der Waals surface area contributed by atoms with Crippen LogP contribution in [0.5, 0.6) is 0 Å². The largest absolute Gasteiger partial charge is 0.339 e. The molecule has 2 aromatic rings. The fourth-order valence-corrected chi connectivity index (χ4v) is 1.90. The number of hydrogen-bond acceptors (Lipinski definition) is 5. The lowest BCUT2D eigenvalue weighted by atomic mass is 10.2. The van der Waals surface area contributed by atoms with E-state index in [4.69, 9.17) is 4.52 Å². The van der Waals surface area contributed by atoms with E-state index in [1.54, 1.807) is 6.92 Å². The molecule has 0 amide bonds. The molecule has 0 aliphatic rings. The van der Waals surface area contributed by atoms with Gasteiger partial charge in [0.15, 0.2) is 0 Å². The van der Waals surface area contributed by atoms with Gasteiger partial charge in [-0.15, -0.1) is 0 Å². The van der Waals surface area contributed by atoms with E-state index in [2.05, 4.69) is 14.5 Å². The topological polar surface area (TPSA) is 51.8 Å². The highest BCUT2D eigenvalue weighted by Gasteiger charge is 2.14. The molecule has 4 nitrogen and oxygen atoms in total. The van der Waals surface area contributed by atoms with Gasteiger partial charge >= 0.3 is 0 Å². The van der Waals surface area contributed by atoms with Gasteiger partial charge in [-0.3, -0.25) is 0 Å². The van der Waals surface area contributed by atoms with Gasteiger partial charge in [0.1, 0.15) is 0 Å². The van der Waals surface area contributed by atoms with Crippen LogP contribution in [-0.4, -0.2) is 14.5 Å². The summed E-state index contributed by atoms with van der Waals surface area (Å²) in [5, 5.41) is 3.86. The maximum absolute atomic E-state index is 4.91. The maximum Gasteiger partial charge on any atom is 0.223 e. The van der Waals surface area contributed by atoms with Crippen molar-refractivity contribution in [3.63, 3.8) is 0 Å². The smallest absolute Gasteiger partial charge is 0.223 e. The Morgan fingerprint density at radius 3 is 2.46 bits per heavy atom. The highest BCUT2D eigenvalue weighted by molar-refractivity contribution is 7.06. The molecule has 0 unspecified atom stereocenters. The minimum absolute atomic E-state index is 0.583. The van der Waals surface area contributed by atoms with Crippen LogP contribution in [0.3, 0.4) is 0 Å². The number of aromatic nitrogens is 3. The van der Waals surface area contributed by atoms with Crippen LogP contribution < -0.4 is 0 Å². The Labute approximate surface area is 79.8 Å². The number of aryl methyl sites for hydroxylation is 3. The summed E-state index contributed by atoms with van der Waals surface area (Å²) in [5.74, 6) is 1.22. The molecule has 0 N–H and O–H groups in total. The van der Waals surface area contributed by atoms with E-state index in [-0.39, 0.29) is 0 Å². The van der Waals surface area contributed by atoms with Gasteiger partial charge in [0.2, 0.25) is 11.7 Å². The minimum Gasteiger partial charge on any atom is -0.339 e. The van der Waals surface area contributed by atoms with E-state index < -0.39 is 0 Å². The Balaban J connectivity index is 2.57. The third-order valence-corrected chi connectivity index (χ3v) is 2.63. The molecule has 0 bridgehead atoms. The molecular formula is C8H9N3OS. The van der Waals surface area contributed by atoms with E-state index in [1.807, 2.05) is 13.8 Å². The Morgan fingerprint density at radius 1 is 1.23 bits per heavy atom. The average molecular weight is 195 g/mol. The van der Waals surface area contributed by atoms with Gasteiger partial charge in [0.05, 0.1) is 11.3 Å². The number of hydrogen-bond donors (Lipinski definition) is 0. The van der Waals surface area contributed by atoms with E-state index >= 15 is 0 Å². The minimum atomic E-state index is 0.583. The summed E-state index contributed by atoms with van der Waals surface area (Å²) in [6.07, 6.45) is 0. The van der Waals surface area contributed by atoms with Crippen molar-refractivity contribution >= 4 is 11.5 Å². The SMILES string of the molecule is Cc1nc(-c2c(C)nsc2C)no1. The van der Waals surface area contributed by atoms with Crippen LogP contribution in [0.25, 0.3) is 11.4 Å². The maximum atomic E-state index is 4.91. The molecule has 13 heavy (non-hydrogen) atoms. The van der Waals surface area contributed by atoms with Crippen LogP contribution in [0.2, 0.25) is 0 Å². The lowest BCUT2D eigenvalue weighted by molar-refractivity contribution is 0.394. The molecule has 0 saturated heterocycles. The molecule has 0 aliphatic carbocycles. The first-order valence-corrected chi connectivity index (χ1v) is 4.69. The number of nitrogens with zero attached hydrogens (tertiary/aromatic N) is 3. The fourth-order valence-electron chi connectivity index (χ4n) is 1.20. The van der Waals surface area contributed by atoms with Crippen molar-refractivity contribution in [1.82, 2.24) is 14.5 Å². The molecule has 0 spiro atoms. The van der Waals surface area contributed by atoms with Gasteiger partial charge in [-0.1, -0.05) is 5.16 Å². The normalized spacial score (nSPS) is 10.7. The summed E-state index contributed by atoms with van der Waals surface area (Å²) in [5.41, 5.74) is 1.96. The van der Waals surface area contributed by atoms with Crippen LogP contribution in [0.15, 0.2) is 4.52 Å². The predicted octanol–water partition coefficient (Wildman–Crippen LogP) is 2.12. The highest BCUT2D eigenvalue weighted by atomic mass is 32.1. The Bertz CT molecular complexity index is 413. The summed E-state index contributed by atoms with van der Waals surface area (Å²) >= 11 is 1.46. The summed E-state index contributed by atoms with van der Waals surface area (Å²) in [4.78, 5) is 5.29. The predicted molar refractivity (Wildman–Crippen MR) is 49.6 cm³/mol. The summed E-state index contributed by atoms with van der Waals surface area (Å²) in [6, 6.07) is 0. The quantitative estimate of drug-likeness (QED) is 0.699. The van der Waals surface area contributed by atoms with Crippen LogP contribution in [0.1, 0.15) is 16.5 Å². The molecular weight excluding hydrogens is 186 g/mol. The van der Waals surface area contributed by atoms with Crippen molar-refractivity contribution in [1.29, 1.82) is 0 Å². The monoisotopic (exact) mass is 195 g/mol. The van der Waals surface area contributed by atoms with Gasteiger partial charge in [-0.25, -0.2) is 0 Å². The van der Waals surface area contributed by atoms with Crippen LogP contribution in [0, 0.1) is 20.8 Å². The second kappa shape index (κ2) is 2.92. The first-order valence-electron chi connectivity index (χ1n) is 3.92. The van der Waals surface area contributed by atoms with Gasteiger partial charge in [0.25, 0.3) is 0 Å². The molecule has 0 fully saturated rings. The van der Waals surface area contributed by atoms with E-state index in [9.17, 15) is 0 Å². The van der Waals surface area contributed by atoms with Crippen molar-refractivity contribution in [3.05, 3.63) is 16.5 Å². The van der Waals surface area contributed by atoms with Gasteiger partial charge in [-0.2, -0.15) is 9.36 Å². The highest BCUT2D eigenvalue weighted by Crippen LogP contribution is 2.26. The zero-order chi connectivity index (χ0) is 9.42. The van der Waals surface area contributed by atoms with Crippen LogP contribution >= 0.6 is 11.5 Å². The van der Waals surface area contributed by atoms with E-state index in [0.717, 1.165) is 16.1 Å². The van der Waals surface area contributed by atoms with Crippen molar-refractivity contribution in [2.75, 3.05) is 0 Å². The van der Waals surface area contributed by atoms with Crippen molar-refractivity contribution in [3.8, 4) is 11.4 Å². The van der Waals surface area contributed by atoms with Crippen molar-refractivity contribution in [2.45, 2.75) is 20.8 Å². The average Bonchev–Trinajstić information content (AvgIpc) is 2.60. The van der Waals surface area contributed by atoms with Crippen molar-refractivity contribution < 1.29 is 4.52 Å². The molecule has 0 saturated carbocycles. The molecule has 2 rings (SSSR count). The van der Waals surface area contributed by atoms with Crippen molar-refractivity contribution in [2.24, 2.45) is 0 Å². The van der Waals surface area contributed by atoms with Gasteiger partial charge < -0.3 is 4.52 Å². The lowest BCUT2D eigenvalue weighted by Crippen LogP contribution is -1.83. The molecule has 2 aromatic heterocycles. The molecule has 2 heterocycles. The Hall–Kier alpha value is -1.23. The van der Waals surface area contributed by atoms with E-state index in [1.165, 1.54) is 11.5 Å². The van der Waals surface area contributed by atoms with Crippen LogP contribution in [0.4, 0.5) is 0 Å². The number of rotatable bonds is 1. The molecule has 0 atom stereocenters. The first kappa shape index (κ1) is 8.37. The lowest BCUT2D eigenvalue weighted by Gasteiger charge is -1.90. The fraction of sp³-hybridized carbons (Fsp3) is 0.375. The zero-order valence-electron chi connectivity index (χ0n) is 7.66. The Kier molecular flexibility index (Phi) is 1.88. The third kappa shape index (κ3) is 1.35. The van der Waals surface area contributed by atoms with Gasteiger partial charge in [-0.05, 0) is 25.4 Å². The molecule has 68 valence electrons. The van der Waals surface area contributed by atoms with E-state index in [0.29, 0.717) is 11.7 Å². The van der Waals surface area contributed by atoms with Gasteiger partial charge in [0, 0.05) is 11.8 Å². The molecule has 0 aliphatic heterocycles. The third-order valence-electron chi connectivity index (χ3n) is 1.78. The zero-order valence-corrected chi connectivity index (χ0v) is 8.47. The second-order valence-corrected chi connectivity index (χ2v) is 3.81. The summed E-state index contributed by atoms with van der Waals surface area (Å²) < 4.78 is 9.14. The second-order valence-electron chi connectivity index (χ2n) is 2.84. The Morgan fingerprint density at radius 2 is 2.00 bits per heavy atom. The molecule has 5 heteroatoms. The molecule has 0 radical (unpaired) electrons.